The zero-order valence-corrected chi connectivity index (χ0v) is 15.9. The lowest BCUT2D eigenvalue weighted by Crippen LogP contribution is -2.36. The predicted molar refractivity (Wildman–Crippen MR) is 104 cm³/mol. The molecule has 0 aromatic heterocycles. The summed E-state index contributed by atoms with van der Waals surface area (Å²) in [6, 6.07) is 14.4. The summed E-state index contributed by atoms with van der Waals surface area (Å²) in [5, 5.41) is 21.7. The summed E-state index contributed by atoms with van der Waals surface area (Å²) in [4.78, 5) is 24.8. The van der Waals surface area contributed by atoms with Gasteiger partial charge in [-0.3, -0.25) is 9.59 Å². The van der Waals surface area contributed by atoms with E-state index in [4.69, 9.17) is 10.00 Å². The van der Waals surface area contributed by atoms with E-state index in [1.165, 1.54) is 6.07 Å². The summed E-state index contributed by atoms with van der Waals surface area (Å²) in [7, 11) is 0. The molecular weight excluding hydrogens is 356 g/mol. The van der Waals surface area contributed by atoms with Gasteiger partial charge in [0.2, 0.25) is 5.91 Å². The molecule has 0 unspecified atom stereocenters. The van der Waals surface area contributed by atoms with Crippen molar-refractivity contribution in [3.05, 3.63) is 59.2 Å². The molecule has 144 valence electrons. The highest BCUT2D eigenvalue weighted by atomic mass is 16.5. The molecule has 28 heavy (non-hydrogen) atoms. The van der Waals surface area contributed by atoms with Gasteiger partial charge in [0.1, 0.15) is 5.75 Å². The van der Waals surface area contributed by atoms with Crippen molar-refractivity contribution in [2.75, 3.05) is 5.32 Å². The topological polar surface area (TPSA) is 99.4 Å². The van der Waals surface area contributed by atoms with E-state index in [9.17, 15) is 14.7 Å². The average molecular weight is 378 g/mol. The number of hydrogen-bond donors (Lipinski definition) is 2. The maximum atomic E-state index is 12.8. The highest BCUT2D eigenvalue weighted by Gasteiger charge is 2.45. The number of carboxylic acids is 1. The Bertz CT molecular complexity index is 934. The first-order chi connectivity index (χ1) is 13.3. The Morgan fingerprint density at radius 1 is 1.21 bits per heavy atom. The number of anilines is 1. The number of aliphatic carboxylic acids is 1. The van der Waals surface area contributed by atoms with Gasteiger partial charge in [-0.2, -0.15) is 5.26 Å². The number of benzene rings is 2. The van der Waals surface area contributed by atoms with Crippen LogP contribution in [0, 0.1) is 16.7 Å². The SMILES string of the molecule is CC(C)Oc1ccc(C#N)cc1NC(=O)CC1(C(=O)O)Cc2ccccc2C1. The van der Waals surface area contributed by atoms with E-state index in [1.807, 2.05) is 44.2 Å². The minimum Gasteiger partial charge on any atom is -0.489 e. The monoisotopic (exact) mass is 378 g/mol. The van der Waals surface area contributed by atoms with Gasteiger partial charge in [-0.15, -0.1) is 0 Å². The van der Waals surface area contributed by atoms with Gasteiger partial charge >= 0.3 is 5.97 Å². The van der Waals surface area contributed by atoms with Crippen molar-refractivity contribution < 1.29 is 19.4 Å². The third kappa shape index (κ3) is 3.99. The van der Waals surface area contributed by atoms with Gasteiger partial charge in [0, 0.05) is 6.42 Å². The van der Waals surface area contributed by atoms with E-state index in [2.05, 4.69) is 5.32 Å². The quantitative estimate of drug-likeness (QED) is 0.801. The van der Waals surface area contributed by atoms with Crippen molar-refractivity contribution >= 4 is 17.6 Å². The van der Waals surface area contributed by atoms with Gasteiger partial charge in [0.05, 0.1) is 28.8 Å². The number of carboxylic acid groups (broad SMARTS) is 1. The number of hydrogen-bond acceptors (Lipinski definition) is 4. The maximum Gasteiger partial charge on any atom is 0.310 e. The first kappa shape index (κ1) is 19.4. The van der Waals surface area contributed by atoms with Crippen molar-refractivity contribution in [3.63, 3.8) is 0 Å². The lowest BCUT2D eigenvalue weighted by atomic mass is 9.81. The fourth-order valence-corrected chi connectivity index (χ4v) is 3.60. The summed E-state index contributed by atoms with van der Waals surface area (Å²) in [6.07, 6.45) is 0.367. The van der Waals surface area contributed by atoms with E-state index in [-0.39, 0.29) is 12.5 Å². The van der Waals surface area contributed by atoms with Crippen molar-refractivity contribution in [1.29, 1.82) is 5.26 Å². The minimum absolute atomic E-state index is 0.113. The molecule has 0 spiro atoms. The number of nitriles is 1. The summed E-state index contributed by atoms with van der Waals surface area (Å²) in [5.74, 6) is -0.955. The second-order valence-electron chi connectivity index (χ2n) is 7.42. The number of ether oxygens (including phenoxy) is 1. The molecule has 0 fully saturated rings. The molecular formula is C22H22N2O4. The highest BCUT2D eigenvalue weighted by molar-refractivity contribution is 5.96. The third-order valence-corrected chi connectivity index (χ3v) is 4.87. The number of fused-ring (bicyclic) bond motifs is 1. The van der Waals surface area contributed by atoms with Gasteiger partial charge < -0.3 is 15.2 Å². The molecule has 6 nitrogen and oxygen atoms in total. The molecule has 2 N–H and O–H groups in total. The molecule has 0 saturated heterocycles. The van der Waals surface area contributed by atoms with Gasteiger partial charge in [-0.1, -0.05) is 24.3 Å². The second-order valence-corrected chi connectivity index (χ2v) is 7.42. The normalized spacial score (nSPS) is 14.2. The van der Waals surface area contributed by atoms with E-state index >= 15 is 0 Å². The molecule has 0 atom stereocenters. The molecule has 1 aliphatic rings. The third-order valence-electron chi connectivity index (χ3n) is 4.87. The van der Waals surface area contributed by atoms with Crippen molar-refractivity contribution in [1.82, 2.24) is 0 Å². The fourth-order valence-electron chi connectivity index (χ4n) is 3.60. The summed E-state index contributed by atoms with van der Waals surface area (Å²) in [5.41, 5.74) is 1.52. The predicted octanol–water partition coefficient (Wildman–Crippen LogP) is 3.54. The van der Waals surface area contributed by atoms with Crippen molar-refractivity contribution in [2.45, 2.75) is 39.2 Å². The maximum absolute atomic E-state index is 12.8. The summed E-state index contributed by atoms with van der Waals surface area (Å²) >= 11 is 0. The van der Waals surface area contributed by atoms with Crippen LogP contribution in [0.5, 0.6) is 5.75 Å². The molecule has 2 aromatic carbocycles. The Labute approximate surface area is 163 Å². The second kappa shape index (κ2) is 7.73. The highest BCUT2D eigenvalue weighted by Crippen LogP contribution is 2.40. The number of nitrogens with zero attached hydrogens (tertiary/aromatic N) is 1. The molecule has 0 radical (unpaired) electrons. The number of carbonyl (C=O) groups is 2. The molecule has 0 heterocycles. The van der Waals surface area contributed by atoms with Crippen molar-refractivity contribution in [3.8, 4) is 11.8 Å². The lowest BCUT2D eigenvalue weighted by molar-refractivity contribution is -0.150. The lowest BCUT2D eigenvalue weighted by Gasteiger charge is -2.23. The first-order valence-corrected chi connectivity index (χ1v) is 9.14. The molecule has 3 rings (SSSR count). The Hall–Kier alpha value is -3.33. The van der Waals surface area contributed by atoms with Crippen LogP contribution in [0.4, 0.5) is 5.69 Å². The Morgan fingerprint density at radius 3 is 2.39 bits per heavy atom. The van der Waals surface area contributed by atoms with Gasteiger partial charge in [-0.25, -0.2) is 0 Å². The molecule has 0 saturated carbocycles. The van der Waals surface area contributed by atoms with E-state index < -0.39 is 17.3 Å². The first-order valence-electron chi connectivity index (χ1n) is 9.14. The number of amides is 1. The molecule has 2 aromatic rings. The molecule has 1 amide bonds. The largest absolute Gasteiger partial charge is 0.489 e. The Morgan fingerprint density at radius 2 is 1.86 bits per heavy atom. The van der Waals surface area contributed by atoms with Crippen LogP contribution in [0.2, 0.25) is 0 Å². The van der Waals surface area contributed by atoms with Crippen LogP contribution in [0.25, 0.3) is 0 Å². The number of rotatable bonds is 6. The van der Waals surface area contributed by atoms with Crippen LogP contribution in [-0.4, -0.2) is 23.1 Å². The average Bonchev–Trinajstić information content (AvgIpc) is 3.02. The van der Waals surface area contributed by atoms with E-state index in [0.717, 1.165) is 11.1 Å². The van der Waals surface area contributed by atoms with Crippen LogP contribution in [-0.2, 0) is 22.4 Å². The van der Waals surface area contributed by atoms with Crippen LogP contribution < -0.4 is 10.1 Å². The van der Waals surface area contributed by atoms with Crippen LogP contribution in [0.1, 0.15) is 37.0 Å². The van der Waals surface area contributed by atoms with Gasteiger partial charge in [-0.05, 0) is 56.0 Å². The van der Waals surface area contributed by atoms with E-state index in [1.54, 1.807) is 12.1 Å². The molecule has 0 bridgehead atoms. The zero-order valence-electron chi connectivity index (χ0n) is 15.9. The number of carbonyl (C=O) groups excluding carboxylic acids is 1. The smallest absolute Gasteiger partial charge is 0.310 e. The minimum atomic E-state index is -1.17. The van der Waals surface area contributed by atoms with Crippen molar-refractivity contribution in [2.24, 2.45) is 5.41 Å². The van der Waals surface area contributed by atoms with Crippen LogP contribution in [0.15, 0.2) is 42.5 Å². The van der Waals surface area contributed by atoms with E-state index in [0.29, 0.717) is 29.8 Å². The van der Waals surface area contributed by atoms with Crippen LogP contribution in [0.3, 0.4) is 0 Å². The fraction of sp³-hybridized carbons (Fsp3) is 0.318. The molecule has 6 heteroatoms. The van der Waals surface area contributed by atoms with Gasteiger partial charge in [0.15, 0.2) is 0 Å². The van der Waals surface area contributed by atoms with Gasteiger partial charge in [0.25, 0.3) is 0 Å². The summed E-state index contributed by atoms with van der Waals surface area (Å²) in [6.45, 7) is 3.72. The number of nitrogens with one attached hydrogen (secondary N) is 1. The summed E-state index contributed by atoms with van der Waals surface area (Å²) < 4.78 is 5.70. The standard InChI is InChI=1S/C22H22N2O4/c1-14(2)28-19-8-7-15(13-23)9-18(19)24-20(25)12-22(21(26)27)10-16-5-3-4-6-17(16)11-22/h3-9,14H,10-12H2,1-2H3,(H,24,25)(H,26,27). The molecule has 0 aliphatic heterocycles. The molecule has 1 aliphatic carbocycles. The zero-order chi connectivity index (χ0) is 20.3. The Kier molecular flexibility index (Phi) is 5.36. The van der Waals surface area contributed by atoms with Crippen LogP contribution >= 0.6 is 0 Å². The Balaban J connectivity index is 1.82.